The lowest BCUT2D eigenvalue weighted by Crippen LogP contribution is -1.95. The Bertz CT molecular complexity index is 572. The van der Waals surface area contributed by atoms with Gasteiger partial charge in [0.05, 0.1) is 0 Å². The fourth-order valence-corrected chi connectivity index (χ4v) is 3.16. The maximum absolute atomic E-state index is 12.2. The lowest BCUT2D eigenvalue weighted by molar-refractivity contribution is 0.411. The lowest BCUT2D eigenvalue weighted by Gasteiger charge is -2.13. The lowest BCUT2D eigenvalue weighted by atomic mass is 10.1. The van der Waals surface area contributed by atoms with Crippen molar-refractivity contribution in [2.75, 3.05) is 0 Å². The Hall–Kier alpha value is -1.73. The largest absolute Gasteiger partial charge is 0.418 e. The quantitative estimate of drug-likeness (QED) is 0.608. The summed E-state index contributed by atoms with van der Waals surface area (Å²) in [7, 11) is -2.62. The number of rotatable bonds is 8. The molecule has 0 spiro atoms. The highest BCUT2D eigenvalue weighted by molar-refractivity contribution is 7.34. The first kappa shape index (κ1) is 16.6. The predicted octanol–water partition coefficient (Wildman–Crippen LogP) is 5.44. The number of para-hydroxylation sites is 2. The van der Waals surface area contributed by atoms with Crippen molar-refractivity contribution < 1.29 is 13.6 Å². The molecule has 118 valence electrons. The van der Waals surface area contributed by atoms with Crippen LogP contribution in [0.1, 0.15) is 37.8 Å². The maximum atomic E-state index is 12.2. The predicted molar refractivity (Wildman–Crippen MR) is 91.1 cm³/mol. The molecule has 0 aromatic heterocycles. The molecule has 0 aliphatic heterocycles. The van der Waals surface area contributed by atoms with Gasteiger partial charge in [0.2, 0.25) is 0 Å². The van der Waals surface area contributed by atoms with Crippen molar-refractivity contribution in [2.45, 2.75) is 39.5 Å². The molecule has 0 saturated heterocycles. The Labute approximate surface area is 133 Å². The fourth-order valence-electron chi connectivity index (χ4n) is 2.36. The van der Waals surface area contributed by atoms with Crippen LogP contribution in [0.25, 0.3) is 0 Å². The summed E-state index contributed by atoms with van der Waals surface area (Å²) in [6, 6.07) is 15.4. The highest BCUT2D eigenvalue weighted by atomic mass is 31.1. The van der Waals surface area contributed by atoms with Crippen LogP contribution in [0.2, 0.25) is 0 Å². The minimum Gasteiger partial charge on any atom is -0.418 e. The summed E-state index contributed by atoms with van der Waals surface area (Å²) in [5.41, 5.74) is 2.13. The van der Waals surface area contributed by atoms with Gasteiger partial charge >= 0.3 is 8.25 Å². The van der Waals surface area contributed by atoms with Crippen molar-refractivity contribution in [3.63, 3.8) is 0 Å². The van der Waals surface area contributed by atoms with Crippen LogP contribution in [0.15, 0.2) is 48.5 Å². The third kappa shape index (κ3) is 4.64. The van der Waals surface area contributed by atoms with Crippen LogP contribution < -0.4 is 9.05 Å². The van der Waals surface area contributed by atoms with Gasteiger partial charge in [-0.2, -0.15) is 0 Å². The number of hydrogen-bond donors (Lipinski definition) is 0. The van der Waals surface area contributed by atoms with Gasteiger partial charge in [-0.1, -0.05) is 63.1 Å². The normalized spacial score (nSPS) is 10.7. The van der Waals surface area contributed by atoms with E-state index in [1.165, 1.54) is 0 Å². The number of benzene rings is 2. The molecule has 0 fully saturated rings. The van der Waals surface area contributed by atoms with E-state index in [9.17, 15) is 4.57 Å². The first-order valence-electron chi connectivity index (χ1n) is 7.80. The zero-order valence-electron chi connectivity index (χ0n) is 13.2. The summed E-state index contributed by atoms with van der Waals surface area (Å²) >= 11 is 0. The van der Waals surface area contributed by atoms with Gasteiger partial charge in [0, 0.05) is 0 Å². The van der Waals surface area contributed by atoms with Gasteiger partial charge in [0.1, 0.15) is 11.5 Å². The summed E-state index contributed by atoms with van der Waals surface area (Å²) < 4.78 is 23.4. The summed E-state index contributed by atoms with van der Waals surface area (Å²) in [5, 5.41) is 0. The van der Waals surface area contributed by atoms with E-state index in [1.54, 1.807) is 0 Å². The van der Waals surface area contributed by atoms with E-state index in [0.717, 1.165) is 36.8 Å². The Morgan fingerprint density at radius 1 is 0.773 bits per heavy atom. The standard InChI is InChI=1S/C18H23O3P/c1-3-9-15-11-5-7-13-17(15)20-22(19)21-18-14-8-6-12-16(18)10-4-2/h5-8,11-14,22H,3-4,9-10H2,1-2H3. The molecular formula is C18H23O3P. The fraction of sp³-hybridized carbons (Fsp3) is 0.333. The van der Waals surface area contributed by atoms with Crippen LogP contribution in [-0.2, 0) is 17.4 Å². The first-order valence-corrected chi connectivity index (χ1v) is 9.02. The van der Waals surface area contributed by atoms with Crippen molar-refractivity contribution in [1.82, 2.24) is 0 Å². The number of aryl methyl sites for hydroxylation is 2. The molecule has 0 amide bonds. The van der Waals surface area contributed by atoms with Gasteiger partial charge in [0.15, 0.2) is 0 Å². The highest BCUT2D eigenvalue weighted by Gasteiger charge is 2.10. The molecule has 0 N–H and O–H groups in total. The third-order valence-electron chi connectivity index (χ3n) is 3.37. The van der Waals surface area contributed by atoms with Gasteiger partial charge in [-0.3, -0.25) is 0 Å². The van der Waals surface area contributed by atoms with Crippen molar-refractivity contribution in [1.29, 1.82) is 0 Å². The van der Waals surface area contributed by atoms with Crippen molar-refractivity contribution in [2.24, 2.45) is 0 Å². The Morgan fingerprint density at radius 2 is 1.18 bits per heavy atom. The number of hydrogen-bond acceptors (Lipinski definition) is 3. The van der Waals surface area contributed by atoms with Crippen LogP contribution in [0.5, 0.6) is 11.5 Å². The van der Waals surface area contributed by atoms with Gasteiger partial charge in [-0.25, -0.2) is 4.57 Å². The first-order chi connectivity index (χ1) is 10.7. The van der Waals surface area contributed by atoms with Gasteiger partial charge in [-0.15, -0.1) is 0 Å². The van der Waals surface area contributed by atoms with Crippen LogP contribution in [-0.4, -0.2) is 0 Å². The average molecular weight is 318 g/mol. The van der Waals surface area contributed by atoms with Crippen molar-refractivity contribution in [3.8, 4) is 11.5 Å². The molecule has 0 radical (unpaired) electrons. The topological polar surface area (TPSA) is 35.5 Å². The molecule has 0 atom stereocenters. The molecule has 0 aliphatic carbocycles. The van der Waals surface area contributed by atoms with E-state index in [2.05, 4.69) is 13.8 Å². The molecule has 2 rings (SSSR count). The molecule has 2 aromatic carbocycles. The average Bonchev–Trinajstić information content (AvgIpc) is 2.52. The summed E-state index contributed by atoms with van der Waals surface area (Å²) in [5.74, 6) is 1.31. The molecule has 22 heavy (non-hydrogen) atoms. The molecule has 0 heterocycles. The van der Waals surface area contributed by atoms with Crippen LogP contribution in [0.4, 0.5) is 0 Å². The minimum absolute atomic E-state index is 0.654. The van der Waals surface area contributed by atoms with E-state index >= 15 is 0 Å². The molecule has 0 aliphatic rings. The monoisotopic (exact) mass is 318 g/mol. The summed E-state index contributed by atoms with van der Waals surface area (Å²) in [6.07, 6.45) is 3.83. The van der Waals surface area contributed by atoms with Crippen molar-refractivity contribution in [3.05, 3.63) is 59.7 Å². The van der Waals surface area contributed by atoms with E-state index in [1.807, 2.05) is 48.5 Å². The molecule has 0 saturated carbocycles. The van der Waals surface area contributed by atoms with E-state index < -0.39 is 8.25 Å². The second-order valence-electron chi connectivity index (χ2n) is 5.17. The minimum atomic E-state index is -2.62. The molecule has 4 heteroatoms. The van der Waals surface area contributed by atoms with Crippen LogP contribution in [0, 0.1) is 0 Å². The Kier molecular flexibility index (Phi) is 6.54. The van der Waals surface area contributed by atoms with Gasteiger partial charge in [-0.05, 0) is 36.1 Å². The highest BCUT2D eigenvalue weighted by Crippen LogP contribution is 2.34. The third-order valence-corrected chi connectivity index (χ3v) is 4.14. The summed E-state index contributed by atoms with van der Waals surface area (Å²) in [4.78, 5) is 0. The SMILES string of the molecule is CCCc1ccccc1O[PH](=O)Oc1ccccc1CCC. The van der Waals surface area contributed by atoms with E-state index in [0.29, 0.717) is 11.5 Å². The van der Waals surface area contributed by atoms with Crippen LogP contribution in [0.3, 0.4) is 0 Å². The Balaban J connectivity index is 2.08. The zero-order chi connectivity index (χ0) is 15.8. The molecule has 0 unspecified atom stereocenters. The van der Waals surface area contributed by atoms with Crippen LogP contribution >= 0.6 is 8.25 Å². The van der Waals surface area contributed by atoms with Gasteiger partial charge < -0.3 is 9.05 Å². The second-order valence-corrected chi connectivity index (χ2v) is 6.08. The van der Waals surface area contributed by atoms with Crippen molar-refractivity contribution >= 4 is 8.25 Å². The maximum Gasteiger partial charge on any atom is 0.418 e. The van der Waals surface area contributed by atoms with Gasteiger partial charge in [0.25, 0.3) is 0 Å². The zero-order valence-corrected chi connectivity index (χ0v) is 14.2. The molecular weight excluding hydrogens is 295 g/mol. The second kappa shape index (κ2) is 8.65. The Morgan fingerprint density at radius 3 is 1.59 bits per heavy atom. The smallest absolute Gasteiger partial charge is 0.418 e. The molecule has 2 aromatic rings. The molecule has 3 nitrogen and oxygen atoms in total. The van der Waals surface area contributed by atoms with E-state index in [4.69, 9.17) is 9.05 Å². The molecule has 0 bridgehead atoms. The van der Waals surface area contributed by atoms with E-state index in [-0.39, 0.29) is 0 Å². The summed E-state index contributed by atoms with van der Waals surface area (Å²) in [6.45, 7) is 4.22.